The zero-order chi connectivity index (χ0) is 19.6. The molecular weight excluding hydrogens is 345 g/mol. The second kappa shape index (κ2) is 6.66. The van der Waals surface area contributed by atoms with Crippen molar-refractivity contribution in [3.63, 3.8) is 0 Å². The fraction of sp³-hybridized carbons (Fsp3) is 1.00. The van der Waals surface area contributed by atoms with Crippen LogP contribution in [0.2, 0.25) is 0 Å². The molecule has 0 saturated heterocycles. The molecule has 0 spiro atoms. The van der Waals surface area contributed by atoms with E-state index >= 15 is 0 Å². The minimum Gasteiger partial charge on any atom is -0.171 e. The Morgan fingerprint density at radius 2 is 1.56 bits per heavy atom. The van der Waals surface area contributed by atoms with Gasteiger partial charge in [-0.15, -0.1) is 0 Å². The van der Waals surface area contributed by atoms with Gasteiger partial charge in [-0.05, 0) is 104 Å². The van der Waals surface area contributed by atoms with Gasteiger partial charge in [0.2, 0.25) is 0 Å². The zero-order valence-electron chi connectivity index (χ0n) is 17.7. The lowest BCUT2D eigenvalue weighted by Gasteiger charge is -2.61. The monoisotopic (exact) mass is 384 g/mol. The SMILES string of the molecule is CCC(C)C1CCC2C3CCC4CC(C(F)(F)F)CCC4(C)C3CCC12C. The summed E-state index contributed by atoms with van der Waals surface area (Å²) >= 11 is 0. The van der Waals surface area contributed by atoms with Gasteiger partial charge >= 0.3 is 6.18 Å². The third kappa shape index (κ3) is 3.00. The standard InChI is InChI=1S/C24H39F3/c1-5-15(2)19-8-9-20-18-7-6-16-14-17(24(25,26)27)10-12-22(16,3)21(18)11-13-23(19,20)4/h15-21H,5-14H2,1-4H3. The van der Waals surface area contributed by atoms with E-state index in [4.69, 9.17) is 0 Å². The molecule has 4 aliphatic carbocycles. The van der Waals surface area contributed by atoms with E-state index in [1.54, 1.807) is 0 Å². The first-order valence-corrected chi connectivity index (χ1v) is 11.7. The number of alkyl halides is 3. The summed E-state index contributed by atoms with van der Waals surface area (Å²) in [5.74, 6) is 3.22. The van der Waals surface area contributed by atoms with Crippen molar-refractivity contribution in [1.29, 1.82) is 0 Å². The molecule has 156 valence electrons. The second-order valence-corrected chi connectivity index (χ2v) is 11.3. The van der Waals surface area contributed by atoms with E-state index in [1.165, 1.54) is 38.5 Å². The molecule has 0 amide bonds. The Hall–Kier alpha value is -0.210. The van der Waals surface area contributed by atoms with E-state index in [-0.39, 0.29) is 5.41 Å². The molecule has 0 heterocycles. The highest BCUT2D eigenvalue weighted by molar-refractivity contribution is 5.09. The fourth-order valence-corrected chi connectivity index (χ4v) is 8.82. The van der Waals surface area contributed by atoms with Crippen LogP contribution in [0.15, 0.2) is 0 Å². The summed E-state index contributed by atoms with van der Waals surface area (Å²) < 4.78 is 40.0. The molecule has 4 fully saturated rings. The predicted molar refractivity (Wildman–Crippen MR) is 104 cm³/mol. The molecule has 4 saturated carbocycles. The van der Waals surface area contributed by atoms with Crippen molar-refractivity contribution in [3.05, 3.63) is 0 Å². The Bertz CT molecular complexity index is 554. The fourth-order valence-electron chi connectivity index (χ4n) is 8.82. The zero-order valence-corrected chi connectivity index (χ0v) is 17.7. The van der Waals surface area contributed by atoms with Gasteiger partial charge in [-0.25, -0.2) is 0 Å². The summed E-state index contributed by atoms with van der Waals surface area (Å²) in [7, 11) is 0. The van der Waals surface area contributed by atoms with Crippen LogP contribution in [0, 0.1) is 52.3 Å². The first-order chi connectivity index (χ1) is 12.6. The molecule has 3 heteroatoms. The van der Waals surface area contributed by atoms with Crippen LogP contribution in [0.5, 0.6) is 0 Å². The first kappa shape index (κ1) is 20.1. The maximum Gasteiger partial charge on any atom is 0.391 e. The van der Waals surface area contributed by atoms with E-state index in [9.17, 15) is 13.2 Å². The average molecular weight is 385 g/mol. The van der Waals surface area contributed by atoms with Gasteiger partial charge in [-0.1, -0.05) is 34.1 Å². The van der Waals surface area contributed by atoms with Gasteiger partial charge in [-0.3, -0.25) is 0 Å². The van der Waals surface area contributed by atoms with Crippen LogP contribution < -0.4 is 0 Å². The molecule has 4 rings (SSSR count). The summed E-state index contributed by atoms with van der Waals surface area (Å²) in [6.45, 7) is 9.73. The average Bonchev–Trinajstić information content (AvgIpc) is 2.96. The number of fused-ring (bicyclic) bond motifs is 5. The van der Waals surface area contributed by atoms with Gasteiger partial charge in [0.05, 0.1) is 5.92 Å². The predicted octanol–water partition coefficient (Wildman–Crippen LogP) is 7.87. The lowest BCUT2D eigenvalue weighted by atomic mass is 9.44. The van der Waals surface area contributed by atoms with Crippen molar-refractivity contribution in [2.45, 2.75) is 98.1 Å². The molecule has 0 bridgehead atoms. The maximum absolute atomic E-state index is 13.3. The lowest BCUT2D eigenvalue weighted by molar-refractivity contribution is -0.208. The van der Waals surface area contributed by atoms with Gasteiger partial charge in [0.15, 0.2) is 0 Å². The highest BCUT2D eigenvalue weighted by Gasteiger charge is 2.61. The minimum absolute atomic E-state index is 0.167. The topological polar surface area (TPSA) is 0 Å². The summed E-state index contributed by atoms with van der Waals surface area (Å²) in [4.78, 5) is 0. The third-order valence-corrected chi connectivity index (χ3v) is 10.5. The first-order valence-electron chi connectivity index (χ1n) is 11.7. The highest BCUT2D eigenvalue weighted by atomic mass is 19.4. The molecule has 0 aliphatic heterocycles. The summed E-state index contributed by atoms with van der Waals surface area (Å²) in [6.07, 6.45) is 6.46. The lowest BCUT2D eigenvalue weighted by Crippen LogP contribution is -2.54. The van der Waals surface area contributed by atoms with Gasteiger partial charge in [0, 0.05) is 0 Å². The molecule has 9 unspecified atom stereocenters. The maximum atomic E-state index is 13.3. The van der Waals surface area contributed by atoms with E-state index in [2.05, 4.69) is 27.7 Å². The number of hydrogen-bond acceptors (Lipinski definition) is 0. The molecule has 0 N–H and O–H groups in total. The Morgan fingerprint density at radius 1 is 0.889 bits per heavy atom. The molecule has 0 aromatic carbocycles. The van der Waals surface area contributed by atoms with Crippen molar-refractivity contribution in [2.75, 3.05) is 0 Å². The van der Waals surface area contributed by atoms with Crippen molar-refractivity contribution < 1.29 is 13.2 Å². The Labute approximate surface area is 164 Å². The summed E-state index contributed by atoms with van der Waals surface area (Å²) in [5, 5.41) is 0. The van der Waals surface area contributed by atoms with Crippen LogP contribution in [0.1, 0.15) is 91.9 Å². The molecule has 4 aliphatic rings. The molecule has 0 radical (unpaired) electrons. The van der Waals surface area contributed by atoms with E-state index < -0.39 is 12.1 Å². The van der Waals surface area contributed by atoms with Crippen LogP contribution in [0.3, 0.4) is 0 Å². The van der Waals surface area contributed by atoms with Crippen molar-refractivity contribution in [3.8, 4) is 0 Å². The molecule has 9 atom stereocenters. The van der Waals surface area contributed by atoms with Gasteiger partial charge in [0.25, 0.3) is 0 Å². The second-order valence-electron chi connectivity index (χ2n) is 11.3. The number of rotatable bonds is 2. The Kier molecular flexibility index (Phi) is 4.95. The number of hydrogen-bond donors (Lipinski definition) is 0. The Morgan fingerprint density at radius 3 is 2.22 bits per heavy atom. The van der Waals surface area contributed by atoms with Crippen LogP contribution in [-0.2, 0) is 0 Å². The van der Waals surface area contributed by atoms with E-state index in [1.807, 2.05) is 0 Å². The highest BCUT2D eigenvalue weighted by Crippen LogP contribution is 2.69. The van der Waals surface area contributed by atoms with Crippen LogP contribution in [0.25, 0.3) is 0 Å². The number of halogens is 3. The molecule has 27 heavy (non-hydrogen) atoms. The van der Waals surface area contributed by atoms with Gasteiger partial charge in [-0.2, -0.15) is 13.2 Å². The van der Waals surface area contributed by atoms with Crippen molar-refractivity contribution >= 4 is 0 Å². The van der Waals surface area contributed by atoms with Crippen LogP contribution >= 0.6 is 0 Å². The largest absolute Gasteiger partial charge is 0.391 e. The normalized spacial score (nSPS) is 51.2. The van der Waals surface area contributed by atoms with Crippen molar-refractivity contribution in [1.82, 2.24) is 0 Å². The third-order valence-electron chi connectivity index (χ3n) is 10.5. The van der Waals surface area contributed by atoms with E-state index in [0.29, 0.717) is 30.1 Å². The summed E-state index contributed by atoms with van der Waals surface area (Å²) in [6, 6.07) is 0. The van der Waals surface area contributed by atoms with E-state index in [0.717, 1.165) is 36.5 Å². The van der Waals surface area contributed by atoms with Crippen molar-refractivity contribution in [2.24, 2.45) is 52.3 Å². The minimum atomic E-state index is -3.99. The van der Waals surface area contributed by atoms with Crippen LogP contribution in [-0.4, -0.2) is 6.18 Å². The van der Waals surface area contributed by atoms with Crippen LogP contribution in [0.4, 0.5) is 13.2 Å². The quantitative estimate of drug-likeness (QED) is 0.454. The Balaban J connectivity index is 1.55. The molecule has 0 nitrogen and oxygen atoms in total. The molecule has 0 aromatic rings. The van der Waals surface area contributed by atoms with Gasteiger partial charge < -0.3 is 0 Å². The molecular formula is C24H39F3. The molecule has 0 aromatic heterocycles. The summed E-state index contributed by atoms with van der Waals surface area (Å²) in [5.41, 5.74) is 0.656. The van der Waals surface area contributed by atoms with Gasteiger partial charge in [0.1, 0.15) is 0 Å². The smallest absolute Gasteiger partial charge is 0.171 e.